The molecule has 0 spiro atoms. The van der Waals surface area contributed by atoms with Gasteiger partial charge in [-0.1, -0.05) is 0 Å². The summed E-state index contributed by atoms with van der Waals surface area (Å²) in [6.07, 6.45) is 1.34. The average molecular weight is 295 g/mol. The molecule has 1 saturated heterocycles. The molecule has 8 heteroatoms. The molecule has 1 fully saturated rings. The Hall–Kier alpha value is -1.96. The van der Waals surface area contributed by atoms with Crippen molar-refractivity contribution in [2.24, 2.45) is 0 Å². The van der Waals surface area contributed by atoms with E-state index in [0.717, 1.165) is 0 Å². The minimum absolute atomic E-state index is 0.103. The molecule has 1 aliphatic rings. The first-order valence-corrected chi connectivity index (χ1v) is 6.77. The van der Waals surface area contributed by atoms with E-state index in [-0.39, 0.29) is 11.5 Å². The number of morpholine rings is 1. The second-order valence-electron chi connectivity index (χ2n) is 6.38. The summed E-state index contributed by atoms with van der Waals surface area (Å²) in [4.78, 5) is 20.9. The maximum absolute atomic E-state index is 11.4. The Balaban J connectivity index is 2.48. The van der Waals surface area contributed by atoms with Crippen LogP contribution in [0.4, 0.5) is 17.3 Å². The summed E-state index contributed by atoms with van der Waals surface area (Å²) in [5, 5.41) is 14.1. The fourth-order valence-electron chi connectivity index (χ4n) is 2.89. The summed E-state index contributed by atoms with van der Waals surface area (Å²) in [6, 6.07) is 0. The van der Waals surface area contributed by atoms with Crippen LogP contribution in [0, 0.1) is 10.1 Å². The van der Waals surface area contributed by atoms with Gasteiger partial charge in [0.05, 0.1) is 16.1 Å². The van der Waals surface area contributed by atoms with E-state index in [1.807, 2.05) is 32.6 Å². The molecule has 1 aromatic heterocycles. The van der Waals surface area contributed by atoms with Crippen LogP contribution in [0.1, 0.15) is 27.7 Å². The number of ether oxygens (including phenoxy) is 1. The van der Waals surface area contributed by atoms with Gasteiger partial charge in [0.15, 0.2) is 0 Å². The van der Waals surface area contributed by atoms with E-state index in [1.165, 1.54) is 6.33 Å². The van der Waals surface area contributed by atoms with Gasteiger partial charge in [-0.3, -0.25) is 10.1 Å². The van der Waals surface area contributed by atoms with Gasteiger partial charge in [-0.15, -0.1) is 0 Å². The zero-order chi connectivity index (χ0) is 15.8. The Morgan fingerprint density at radius 3 is 2.33 bits per heavy atom. The van der Waals surface area contributed by atoms with Crippen LogP contribution in [0.5, 0.6) is 0 Å². The van der Waals surface area contributed by atoms with Crippen LogP contribution >= 0.6 is 0 Å². The lowest BCUT2D eigenvalue weighted by Crippen LogP contribution is -2.57. The SMILES string of the molecule is CNc1ncnc(N2CC(C)(C)OC(C)(C)C2)c1[N+](=O)[O-]. The minimum atomic E-state index is -0.448. The average Bonchev–Trinajstić information content (AvgIpc) is 2.33. The van der Waals surface area contributed by atoms with E-state index in [0.29, 0.717) is 18.9 Å². The number of hydrogen-bond donors (Lipinski definition) is 1. The Morgan fingerprint density at radius 2 is 1.86 bits per heavy atom. The van der Waals surface area contributed by atoms with Gasteiger partial charge < -0.3 is 15.0 Å². The highest BCUT2D eigenvalue weighted by Gasteiger charge is 2.41. The highest BCUT2D eigenvalue weighted by Crippen LogP contribution is 2.36. The number of anilines is 2. The summed E-state index contributed by atoms with van der Waals surface area (Å²) in [7, 11) is 1.60. The lowest BCUT2D eigenvalue weighted by molar-refractivity contribution is -0.383. The van der Waals surface area contributed by atoms with Gasteiger partial charge in [-0.25, -0.2) is 9.97 Å². The summed E-state index contributed by atoms with van der Waals surface area (Å²) < 4.78 is 6.00. The topological polar surface area (TPSA) is 93.4 Å². The van der Waals surface area contributed by atoms with Gasteiger partial charge in [0, 0.05) is 20.1 Å². The van der Waals surface area contributed by atoms with Gasteiger partial charge >= 0.3 is 5.69 Å². The Morgan fingerprint density at radius 1 is 1.29 bits per heavy atom. The molecule has 21 heavy (non-hydrogen) atoms. The number of hydrogen-bond acceptors (Lipinski definition) is 7. The molecule has 1 N–H and O–H groups in total. The molecule has 0 amide bonds. The normalized spacial score (nSPS) is 20.1. The second-order valence-corrected chi connectivity index (χ2v) is 6.38. The van der Waals surface area contributed by atoms with Crippen LogP contribution in [0.2, 0.25) is 0 Å². The van der Waals surface area contributed by atoms with Crippen LogP contribution in [0.3, 0.4) is 0 Å². The van der Waals surface area contributed by atoms with E-state index < -0.39 is 16.1 Å². The fourth-order valence-corrected chi connectivity index (χ4v) is 2.89. The number of rotatable bonds is 3. The predicted octanol–water partition coefficient (Wildman–Crippen LogP) is 1.82. The molecule has 1 aliphatic heterocycles. The first-order valence-electron chi connectivity index (χ1n) is 6.77. The van der Waals surface area contributed by atoms with Crippen molar-refractivity contribution in [2.45, 2.75) is 38.9 Å². The molecular weight excluding hydrogens is 274 g/mol. The smallest absolute Gasteiger partial charge is 0.353 e. The van der Waals surface area contributed by atoms with E-state index in [1.54, 1.807) is 7.05 Å². The maximum atomic E-state index is 11.4. The number of aromatic nitrogens is 2. The number of nitrogens with zero attached hydrogens (tertiary/aromatic N) is 4. The van der Waals surface area contributed by atoms with Crippen LogP contribution in [0.15, 0.2) is 6.33 Å². The molecule has 1 aromatic rings. The zero-order valence-electron chi connectivity index (χ0n) is 13.0. The van der Waals surface area contributed by atoms with Crippen LogP contribution in [0.25, 0.3) is 0 Å². The van der Waals surface area contributed by atoms with E-state index in [9.17, 15) is 10.1 Å². The van der Waals surface area contributed by atoms with Crippen LogP contribution in [-0.4, -0.2) is 46.2 Å². The highest BCUT2D eigenvalue weighted by atomic mass is 16.6. The molecule has 8 nitrogen and oxygen atoms in total. The summed E-state index contributed by atoms with van der Waals surface area (Å²) >= 11 is 0. The van der Waals surface area contributed by atoms with Crippen molar-refractivity contribution in [3.05, 3.63) is 16.4 Å². The van der Waals surface area contributed by atoms with E-state index >= 15 is 0 Å². The number of nitro groups is 1. The lowest BCUT2D eigenvalue weighted by atomic mass is 9.99. The third-order valence-corrected chi connectivity index (χ3v) is 3.22. The Bertz CT molecular complexity index is 543. The molecule has 2 heterocycles. The van der Waals surface area contributed by atoms with Crippen molar-refractivity contribution in [3.63, 3.8) is 0 Å². The van der Waals surface area contributed by atoms with E-state index in [2.05, 4.69) is 15.3 Å². The molecule has 0 unspecified atom stereocenters. The van der Waals surface area contributed by atoms with Gasteiger partial charge in [0.2, 0.25) is 11.6 Å². The third-order valence-electron chi connectivity index (χ3n) is 3.22. The fraction of sp³-hybridized carbons (Fsp3) is 0.692. The largest absolute Gasteiger partial charge is 0.367 e. The molecule has 0 bridgehead atoms. The first kappa shape index (κ1) is 15.4. The predicted molar refractivity (Wildman–Crippen MR) is 79.7 cm³/mol. The first-order chi connectivity index (χ1) is 9.65. The summed E-state index contributed by atoms with van der Waals surface area (Å²) in [6.45, 7) is 8.91. The van der Waals surface area contributed by atoms with Crippen molar-refractivity contribution in [2.75, 3.05) is 30.4 Å². The van der Waals surface area contributed by atoms with Crippen molar-refractivity contribution < 1.29 is 9.66 Å². The number of nitrogens with one attached hydrogen (secondary N) is 1. The lowest BCUT2D eigenvalue weighted by Gasteiger charge is -2.47. The Labute approximate surface area is 123 Å². The second kappa shape index (κ2) is 5.10. The Kier molecular flexibility index (Phi) is 3.75. The van der Waals surface area contributed by atoms with Gasteiger partial charge in [0.1, 0.15) is 6.33 Å². The maximum Gasteiger partial charge on any atom is 0.353 e. The van der Waals surface area contributed by atoms with Crippen LogP contribution < -0.4 is 10.2 Å². The molecule has 2 rings (SSSR count). The monoisotopic (exact) mass is 295 g/mol. The standard InChI is InChI=1S/C13H21N5O3/c1-12(2)6-17(7-13(3,4)21-12)11-9(18(19)20)10(14-5)15-8-16-11/h8H,6-7H2,1-5H3,(H,14,15,16). The van der Waals surface area contributed by atoms with Crippen molar-refractivity contribution in [1.82, 2.24) is 9.97 Å². The molecule has 0 saturated carbocycles. The quantitative estimate of drug-likeness (QED) is 0.671. The van der Waals surface area contributed by atoms with Gasteiger partial charge in [-0.2, -0.15) is 0 Å². The molecule has 116 valence electrons. The van der Waals surface area contributed by atoms with Gasteiger partial charge in [0.25, 0.3) is 0 Å². The highest BCUT2D eigenvalue weighted by molar-refractivity contribution is 5.70. The van der Waals surface area contributed by atoms with Crippen molar-refractivity contribution in [3.8, 4) is 0 Å². The summed E-state index contributed by atoms with van der Waals surface area (Å²) in [5.41, 5.74) is -0.936. The molecule has 0 aromatic carbocycles. The van der Waals surface area contributed by atoms with Crippen molar-refractivity contribution >= 4 is 17.3 Å². The minimum Gasteiger partial charge on any atom is -0.367 e. The molecular formula is C13H21N5O3. The third kappa shape index (κ3) is 3.21. The molecule has 0 atom stereocenters. The van der Waals surface area contributed by atoms with Gasteiger partial charge in [-0.05, 0) is 27.7 Å². The van der Waals surface area contributed by atoms with E-state index in [4.69, 9.17) is 4.74 Å². The zero-order valence-corrected chi connectivity index (χ0v) is 13.0. The van der Waals surface area contributed by atoms with Crippen LogP contribution in [-0.2, 0) is 4.74 Å². The molecule has 0 aliphatic carbocycles. The summed E-state index contributed by atoms with van der Waals surface area (Å²) in [5.74, 6) is 0.538. The van der Waals surface area contributed by atoms with Crippen molar-refractivity contribution in [1.29, 1.82) is 0 Å². The molecule has 0 radical (unpaired) electrons.